The highest BCUT2D eigenvalue weighted by molar-refractivity contribution is 5.69. The van der Waals surface area contributed by atoms with Gasteiger partial charge in [-0.3, -0.25) is 4.79 Å². The average Bonchev–Trinajstić information content (AvgIpc) is 3.34. The Labute approximate surface area is 133 Å². The average molecular weight is 305 g/mol. The summed E-state index contributed by atoms with van der Waals surface area (Å²) in [6.07, 6.45) is 3.01. The Kier molecular flexibility index (Phi) is 6.25. The zero-order valence-electron chi connectivity index (χ0n) is 13.8. The van der Waals surface area contributed by atoms with Crippen molar-refractivity contribution in [1.82, 2.24) is 5.32 Å². The van der Waals surface area contributed by atoms with Crippen molar-refractivity contribution >= 4 is 5.97 Å². The maximum atomic E-state index is 11.4. The minimum Gasteiger partial charge on any atom is -0.493 e. The number of hydrogen-bond donors (Lipinski definition) is 1. The number of carbonyl (C=O) groups is 1. The quantitative estimate of drug-likeness (QED) is 0.712. The SMILES string of the molecule is COC(=O)C[C@@H](NCc1ccc(OCC2CC2)cc1)C(C)C. The van der Waals surface area contributed by atoms with E-state index < -0.39 is 0 Å². The molecule has 4 heteroatoms. The third-order valence-corrected chi connectivity index (χ3v) is 4.09. The van der Waals surface area contributed by atoms with Gasteiger partial charge in [-0.2, -0.15) is 0 Å². The van der Waals surface area contributed by atoms with E-state index in [0.717, 1.165) is 24.8 Å². The van der Waals surface area contributed by atoms with Crippen LogP contribution in [-0.2, 0) is 16.1 Å². The normalized spacial score (nSPS) is 15.6. The third kappa shape index (κ3) is 5.68. The Morgan fingerprint density at radius 1 is 1.27 bits per heavy atom. The Hall–Kier alpha value is -1.55. The summed E-state index contributed by atoms with van der Waals surface area (Å²) in [6, 6.07) is 8.31. The maximum Gasteiger partial charge on any atom is 0.307 e. The van der Waals surface area contributed by atoms with Gasteiger partial charge in [-0.25, -0.2) is 0 Å². The van der Waals surface area contributed by atoms with Crippen molar-refractivity contribution in [2.75, 3.05) is 13.7 Å². The van der Waals surface area contributed by atoms with E-state index in [-0.39, 0.29) is 12.0 Å². The number of esters is 1. The number of benzene rings is 1. The van der Waals surface area contributed by atoms with E-state index in [0.29, 0.717) is 12.3 Å². The lowest BCUT2D eigenvalue weighted by molar-refractivity contribution is -0.141. The van der Waals surface area contributed by atoms with E-state index in [2.05, 4.69) is 31.3 Å². The summed E-state index contributed by atoms with van der Waals surface area (Å²) in [7, 11) is 1.43. The molecule has 0 radical (unpaired) electrons. The van der Waals surface area contributed by atoms with E-state index >= 15 is 0 Å². The number of rotatable bonds is 9. The fourth-order valence-electron chi connectivity index (χ4n) is 2.26. The second kappa shape index (κ2) is 8.18. The van der Waals surface area contributed by atoms with Crippen LogP contribution >= 0.6 is 0 Å². The summed E-state index contributed by atoms with van der Waals surface area (Å²) in [4.78, 5) is 11.4. The summed E-state index contributed by atoms with van der Waals surface area (Å²) >= 11 is 0. The molecule has 1 aliphatic rings. The first-order valence-corrected chi connectivity index (χ1v) is 8.10. The molecule has 1 N–H and O–H groups in total. The highest BCUT2D eigenvalue weighted by Crippen LogP contribution is 2.29. The highest BCUT2D eigenvalue weighted by Gasteiger charge is 2.21. The molecule has 1 fully saturated rings. The molecular formula is C18H27NO3. The summed E-state index contributed by atoms with van der Waals surface area (Å²) in [5, 5.41) is 3.44. The van der Waals surface area contributed by atoms with Crippen LogP contribution in [0.3, 0.4) is 0 Å². The van der Waals surface area contributed by atoms with Gasteiger partial charge < -0.3 is 14.8 Å². The molecule has 0 aliphatic heterocycles. The number of carbonyl (C=O) groups excluding carboxylic acids is 1. The molecule has 0 heterocycles. The molecule has 1 aromatic carbocycles. The smallest absolute Gasteiger partial charge is 0.307 e. The van der Waals surface area contributed by atoms with Crippen LogP contribution in [0.25, 0.3) is 0 Å². The van der Waals surface area contributed by atoms with E-state index in [4.69, 9.17) is 9.47 Å². The Morgan fingerprint density at radius 3 is 2.50 bits per heavy atom. The van der Waals surface area contributed by atoms with Crippen molar-refractivity contribution in [3.05, 3.63) is 29.8 Å². The molecular weight excluding hydrogens is 278 g/mol. The Bertz CT molecular complexity index is 466. The van der Waals surface area contributed by atoms with Gasteiger partial charge in [-0.15, -0.1) is 0 Å². The number of methoxy groups -OCH3 is 1. The molecule has 0 bridgehead atoms. The molecule has 4 nitrogen and oxygen atoms in total. The van der Waals surface area contributed by atoms with Crippen molar-refractivity contribution < 1.29 is 14.3 Å². The lowest BCUT2D eigenvalue weighted by Crippen LogP contribution is -2.35. The van der Waals surface area contributed by atoms with Crippen molar-refractivity contribution in [3.63, 3.8) is 0 Å². The van der Waals surface area contributed by atoms with Crippen LogP contribution in [0.4, 0.5) is 0 Å². The largest absolute Gasteiger partial charge is 0.493 e. The van der Waals surface area contributed by atoms with Crippen LogP contribution in [0, 0.1) is 11.8 Å². The number of ether oxygens (including phenoxy) is 2. The van der Waals surface area contributed by atoms with Gasteiger partial charge in [0.25, 0.3) is 0 Å². The van der Waals surface area contributed by atoms with Crippen LogP contribution in [0.15, 0.2) is 24.3 Å². The lowest BCUT2D eigenvalue weighted by atomic mass is 10.0. The predicted octanol–water partition coefficient (Wildman–Crippen LogP) is 3.15. The molecule has 1 atom stereocenters. The summed E-state index contributed by atoms with van der Waals surface area (Å²) in [6.45, 7) is 5.79. The molecule has 0 aromatic heterocycles. The zero-order chi connectivity index (χ0) is 15.9. The molecule has 0 amide bonds. The number of nitrogens with one attached hydrogen (secondary N) is 1. The van der Waals surface area contributed by atoms with Gasteiger partial charge in [-0.05, 0) is 42.4 Å². The minimum absolute atomic E-state index is 0.123. The van der Waals surface area contributed by atoms with Gasteiger partial charge in [-0.1, -0.05) is 26.0 Å². The van der Waals surface area contributed by atoms with Gasteiger partial charge >= 0.3 is 5.97 Å². The molecule has 22 heavy (non-hydrogen) atoms. The zero-order valence-corrected chi connectivity index (χ0v) is 13.8. The Morgan fingerprint density at radius 2 is 1.95 bits per heavy atom. The monoisotopic (exact) mass is 305 g/mol. The van der Waals surface area contributed by atoms with Gasteiger partial charge in [0.1, 0.15) is 5.75 Å². The molecule has 122 valence electrons. The lowest BCUT2D eigenvalue weighted by Gasteiger charge is -2.21. The molecule has 0 unspecified atom stereocenters. The van der Waals surface area contributed by atoms with Crippen molar-refractivity contribution in [3.8, 4) is 5.75 Å². The van der Waals surface area contributed by atoms with E-state index in [1.807, 2.05) is 12.1 Å². The minimum atomic E-state index is -0.171. The highest BCUT2D eigenvalue weighted by atomic mass is 16.5. The van der Waals surface area contributed by atoms with Gasteiger partial charge in [0.15, 0.2) is 0 Å². The van der Waals surface area contributed by atoms with Crippen molar-refractivity contribution in [2.24, 2.45) is 11.8 Å². The topological polar surface area (TPSA) is 47.6 Å². The van der Waals surface area contributed by atoms with E-state index in [9.17, 15) is 4.79 Å². The molecule has 0 spiro atoms. The molecule has 1 aromatic rings. The fraction of sp³-hybridized carbons (Fsp3) is 0.611. The first kappa shape index (κ1) is 16.8. The summed E-state index contributed by atoms with van der Waals surface area (Å²) in [5.74, 6) is 1.91. The van der Waals surface area contributed by atoms with Crippen LogP contribution in [0.2, 0.25) is 0 Å². The third-order valence-electron chi connectivity index (χ3n) is 4.09. The summed E-state index contributed by atoms with van der Waals surface area (Å²) < 4.78 is 10.5. The van der Waals surface area contributed by atoms with Crippen LogP contribution < -0.4 is 10.1 Å². The van der Waals surface area contributed by atoms with Gasteiger partial charge in [0, 0.05) is 12.6 Å². The first-order chi connectivity index (χ1) is 10.6. The molecule has 1 saturated carbocycles. The van der Waals surface area contributed by atoms with Gasteiger partial charge in [0.2, 0.25) is 0 Å². The first-order valence-electron chi connectivity index (χ1n) is 8.10. The molecule has 0 saturated heterocycles. The Balaban J connectivity index is 1.79. The van der Waals surface area contributed by atoms with Crippen LogP contribution in [-0.4, -0.2) is 25.7 Å². The second-order valence-corrected chi connectivity index (χ2v) is 6.41. The van der Waals surface area contributed by atoms with E-state index in [1.54, 1.807) is 0 Å². The van der Waals surface area contributed by atoms with Crippen LogP contribution in [0.5, 0.6) is 5.75 Å². The number of hydrogen-bond acceptors (Lipinski definition) is 4. The standard InChI is InChI=1S/C18H27NO3/c1-13(2)17(10-18(20)21-3)19-11-14-6-8-16(9-7-14)22-12-15-4-5-15/h6-9,13,15,17,19H,4-5,10-12H2,1-3H3/t17-/m1/s1. The van der Waals surface area contributed by atoms with Gasteiger partial charge in [0.05, 0.1) is 20.1 Å². The fourth-order valence-corrected chi connectivity index (χ4v) is 2.26. The molecule has 1 aliphatic carbocycles. The second-order valence-electron chi connectivity index (χ2n) is 6.41. The van der Waals surface area contributed by atoms with E-state index in [1.165, 1.54) is 25.5 Å². The maximum absolute atomic E-state index is 11.4. The van der Waals surface area contributed by atoms with Crippen molar-refractivity contribution in [1.29, 1.82) is 0 Å². The predicted molar refractivity (Wildman–Crippen MR) is 86.8 cm³/mol. The van der Waals surface area contributed by atoms with Crippen molar-refractivity contribution in [2.45, 2.75) is 45.7 Å². The summed E-state index contributed by atoms with van der Waals surface area (Å²) in [5.41, 5.74) is 1.19. The van der Waals surface area contributed by atoms with Crippen LogP contribution in [0.1, 0.15) is 38.7 Å². The molecule has 2 rings (SSSR count).